The molecule has 22 heavy (non-hydrogen) atoms. The van der Waals surface area contributed by atoms with Gasteiger partial charge in [0, 0.05) is 22.2 Å². The highest BCUT2D eigenvalue weighted by molar-refractivity contribution is 8.01. The van der Waals surface area contributed by atoms with Crippen LogP contribution in [0.5, 0.6) is 0 Å². The smallest absolute Gasteiger partial charge is 0.338 e. The van der Waals surface area contributed by atoms with Gasteiger partial charge in [-0.1, -0.05) is 11.8 Å². The number of nitrogens with zero attached hydrogens (tertiary/aromatic N) is 2. The van der Waals surface area contributed by atoms with Gasteiger partial charge in [-0.2, -0.15) is 0 Å². The summed E-state index contributed by atoms with van der Waals surface area (Å²) in [6.07, 6.45) is 3.03. The van der Waals surface area contributed by atoms with Gasteiger partial charge in [0.2, 0.25) is 0 Å². The average Bonchev–Trinajstić information content (AvgIpc) is 2.79. The fourth-order valence-corrected chi connectivity index (χ4v) is 3.94. The van der Waals surface area contributed by atoms with Crippen molar-refractivity contribution in [1.82, 2.24) is 9.97 Å². The molecule has 0 saturated carbocycles. The van der Waals surface area contributed by atoms with Crippen LogP contribution in [0.4, 0.5) is 0 Å². The number of hydrogen-bond acceptors (Lipinski definition) is 7. The molecule has 0 aliphatic heterocycles. The van der Waals surface area contributed by atoms with E-state index in [2.05, 4.69) is 9.97 Å². The predicted octanol–water partition coefficient (Wildman–Crippen LogP) is 2.80. The van der Waals surface area contributed by atoms with Gasteiger partial charge in [0.25, 0.3) is 0 Å². The average molecular weight is 338 g/mol. The molecule has 6 nitrogen and oxygen atoms in total. The number of carboxylic acids is 1. The molecule has 0 aromatic carbocycles. The highest BCUT2D eigenvalue weighted by Gasteiger charge is 2.16. The lowest BCUT2D eigenvalue weighted by atomic mass is 10.3. The van der Waals surface area contributed by atoms with Gasteiger partial charge in [0.05, 0.1) is 24.3 Å². The molecule has 0 radical (unpaired) electrons. The minimum absolute atomic E-state index is 0.132. The lowest BCUT2D eigenvalue weighted by Crippen LogP contribution is -2.07. The molecule has 0 atom stereocenters. The maximum atomic E-state index is 11.5. The molecule has 116 valence electrons. The highest BCUT2D eigenvalue weighted by atomic mass is 32.2. The fraction of sp³-hybridized carbons (Fsp3) is 0.286. The fourth-order valence-electron chi connectivity index (χ4n) is 1.68. The van der Waals surface area contributed by atoms with Gasteiger partial charge in [-0.15, -0.1) is 11.3 Å². The van der Waals surface area contributed by atoms with Gasteiger partial charge < -0.3 is 9.84 Å². The summed E-state index contributed by atoms with van der Waals surface area (Å²) in [6.45, 7) is 3.92. The van der Waals surface area contributed by atoms with Crippen LogP contribution in [0, 0.1) is 6.92 Å². The van der Waals surface area contributed by atoms with E-state index in [9.17, 15) is 9.59 Å². The Balaban J connectivity index is 2.18. The molecule has 0 fully saturated rings. The number of carbonyl (C=O) groups is 2. The second-order valence-corrected chi connectivity index (χ2v) is 6.62. The number of carbonyl (C=O) groups excluding carboxylic acids is 1. The van der Waals surface area contributed by atoms with Crippen LogP contribution >= 0.6 is 23.1 Å². The number of thiazole rings is 1. The number of aryl methyl sites for hydroxylation is 1. The Morgan fingerprint density at radius 3 is 2.91 bits per heavy atom. The predicted molar refractivity (Wildman–Crippen MR) is 82.5 cm³/mol. The highest BCUT2D eigenvalue weighted by Crippen LogP contribution is 2.34. The molecule has 0 aliphatic rings. The maximum Gasteiger partial charge on any atom is 0.338 e. The van der Waals surface area contributed by atoms with Crippen molar-refractivity contribution in [3.05, 3.63) is 34.6 Å². The van der Waals surface area contributed by atoms with E-state index in [-0.39, 0.29) is 18.0 Å². The normalized spacial score (nSPS) is 10.5. The summed E-state index contributed by atoms with van der Waals surface area (Å²) < 4.78 is 5.61. The number of carboxylic acid groups (broad SMARTS) is 1. The third-order valence-electron chi connectivity index (χ3n) is 2.69. The van der Waals surface area contributed by atoms with E-state index in [1.165, 1.54) is 35.5 Å². The number of ether oxygens (including phenoxy) is 1. The summed E-state index contributed by atoms with van der Waals surface area (Å²) in [7, 11) is 0. The van der Waals surface area contributed by atoms with E-state index in [0.717, 1.165) is 10.6 Å². The van der Waals surface area contributed by atoms with Crippen molar-refractivity contribution < 1.29 is 19.4 Å². The number of aromatic carboxylic acids is 1. The van der Waals surface area contributed by atoms with Crippen LogP contribution in [0.25, 0.3) is 0 Å². The van der Waals surface area contributed by atoms with E-state index in [4.69, 9.17) is 9.84 Å². The van der Waals surface area contributed by atoms with Gasteiger partial charge in [-0.05, 0) is 19.9 Å². The number of pyridine rings is 1. The maximum absolute atomic E-state index is 11.5. The monoisotopic (exact) mass is 338 g/mol. The van der Waals surface area contributed by atoms with Gasteiger partial charge >= 0.3 is 11.9 Å². The van der Waals surface area contributed by atoms with Gasteiger partial charge in [0.1, 0.15) is 0 Å². The van der Waals surface area contributed by atoms with Crippen LogP contribution in [0.1, 0.15) is 27.9 Å². The molecule has 8 heteroatoms. The zero-order chi connectivity index (χ0) is 16.1. The second kappa shape index (κ2) is 7.37. The Bertz CT molecular complexity index is 700. The number of hydrogen-bond donors (Lipinski definition) is 1. The summed E-state index contributed by atoms with van der Waals surface area (Å²) in [5, 5.41) is 9.15. The Hall–Kier alpha value is -1.93. The van der Waals surface area contributed by atoms with Crippen LogP contribution in [0.3, 0.4) is 0 Å². The van der Waals surface area contributed by atoms with Crippen LogP contribution in [-0.2, 0) is 16.0 Å². The van der Waals surface area contributed by atoms with E-state index >= 15 is 0 Å². The van der Waals surface area contributed by atoms with Crippen LogP contribution < -0.4 is 0 Å². The van der Waals surface area contributed by atoms with Crippen molar-refractivity contribution in [1.29, 1.82) is 0 Å². The first-order valence-electron chi connectivity index (χ1n) is 6.48. The van der Waals surface area contributed by atoms with Gasteiger partial charge in [0.15, 0.2) is 4.34 Å². The molecular formula is C14H14N2O4S2. The molecule has 2 rings (SSSR count). The first kappa shape index (κ1) is 16.4. The quantitative estimate of drug-likeness (QED) is 0.810. The molecule has 0 bridgehead atoms. The molecule has 0 unspecified atom stereocenters. The molecule has 0 spiro atoms. The van der Waals surface area contributed by atoms with Crippen LogP contribution in [0.15, 0.2) is 27.7 Å². The van der Waals surface area contributed by atoms with E-state index in [1.54, 1.807) is 13.0 Å². The Labute approximate surface area is 135 Å². The van der Waals surface area contributed by atoms with Crippen molar-refractivity contribution >= 4 is 35.0 Å². The zero-order valence-corrected chi connectivity index (χ0v) is 13.7. The zero-order valence-electron chi connectivity index (χ0n) is 12.0. The van der Waals surface area contributed by atoms with Gasteiger partial charge in [-0.3, -0.25) is 9.78 Å². The molecule has 2 aromatic heterocycles. The minimum Gasteiger partial charge on any atom is -0.478 e. The van der Waals surface area contributed by atoms with Crippen molar-refractivity contribution in [2.45, 2.75) is 29.5 Å². The van der Waals surface area contributed by atoms with Crippen molar-refractivity contribution in [3.63, 3.8) is 0 Å². The van der Waals surface area contributed by atoms with Crippen LogP contribution in [0.2, 0.25) is 0 Å². The molecule has 0 amide bonds. The van der Waals surface area contributed by atoms with Crippen LogP contribution in [-0.4, -0.2) is 33.6 Å². The van der Waals surface area contributed by atoms with E-state index in [1.807, 2.05) is 6.92 Å². The van der Waals surface area contributed by atoms with Crippen molar-refractivity contribution in [2.75, 3.05) is 6.61 Å². The number of rotatable bonds is 6. The molecule has 0 aliphatic carbocycles. The Kier molecular flexibility index (Phi) is 5.51. The number of aromatic nitrogens is 2. The van der Waals surface area contributed by atoms with Gasteiger partial charge in [-0.25, -0.2) is 9.78 Å². The van der Waals surface area contributed by atoms with E-state index < -0.39 is 5.97 Å². The first-order chi connectivity index (χ1) is 10.5. The van der Waals surface area contributed by atoms with Crippen molar-refractivity contribution in [3.8, 4) is 0 Å². The topological polar surface area (TPSA) is 89.4 Å². The lowest BCUT2D eigenvalue weighted by Gasteiger charge is -2.01. The van der Waals surface area contributed by atoms with E-state index in [0.29, 0.717) is 15.8 Å². The first-order valence-corrected chi connectivity index (χ1v) is 8.11. The molecule has 2 heterocycles. The SMILES string of the molecule is CCOC(=O)Cc1sc(Sc2ccncc2C(=O)O)nc1C. The summed E-state index contributed by atoms with van der Waals surface area (Å²) in [6, 6.07) is 1.63. The minimum atomic E-state index is -1.03. The summed E-state index contributed by atoms with van der Waals surface area (Å²) in [4.78, 5) is 32.3. The number of esters is 1. The Morgan fingerprint density at radius 1 is 1.45 bits per heavy atom. The standard InChI is InChI=1S/C14H14N2O4S2/c1-3-20-12(17)6-11-8(2)16-14(22-11)21-10-4-5-15-7-9(10)13(18)19/h4-5,7H,3,6H2,1-2H3,(H,18,19). The molecular weight excluding hydrogens is 324 g/mol. The molecule has 1 N–H and O–H groups in total. The Morgan fingerprint density at radius 2 is 2.23 bits per heavy atom. The third-order valence-corrected chi connectivity index (χ3v) is 4.99. The summed E-state index contributed by atoms with van der Waals surface area (Å²) in [5.41, 5.74) is 0.888. The summed E-state index contributed by atoms with van der Waals surface area (Å²) >= 11 is 2.62. The third kappa shape index (κ3) is 4.05. The summed E-state index contributed by atoms with van der Waals surface area (Å²) in [5.74, 6) is -1.32. The molecule has 2 aromatic rings. The second-order valence-electron chi connectivity index (χ2n) is 4.25. The largest absolute Gasteiger partial charge is 0.478 e. The van der Waals surface area contributed by atoms with Crippen molar-refractivity contribution in [2.24, 2.45) is 0 Å². The lowest BCUT2D eigenvalue weighted by molar-refractivity contribution is -0.142. The molecule has 0 saturated heterocycles.